The lowest BCUT2D eigenvalue weighted by molar-refractivity contribution is -0.118. The summed E-state index contributed by atoms with van der Waals surface area (Å²) >= 11 is 0. The van der Waals surface area contributed by atoms with Gasteiger partial charge in [0, 0.05) is 7.05 Å². The molecule has 0 fully saturated rings. The van der Waals surface area contributed by atoms with Crippen molar-refractivity contribution in [2.24, 2.45) is 0 Å². The first-order valence-electron chi connectivity index (χ1n) is 5.03. The molecule has 0 bridgehead atoms. The van der Waals surface area contributed by atoms with E-state index in [2.05, 4.69) is 0 Å². The van der Waals surface area contributed by atoms with Gasteiger partial charge in [-0.3, -0.25) is 9.52 Å². The summed E-state index contributed by atoms with van der Waals surface area (Å²) in [7, 11) is -2.62. The molecule has 0 aliphatic rings. The molecular formula is C11H13FN2O3S. The van der Waals surface area contributed by atoms with Gasteiger partial charge in [-0.1, -0.05) is 17.7 Å². The van der Waals surface area contributed by atoms with Crippen molar-refractivity contribution in [3.05, 3.63) is 41.9 Å². The number of carbonyl (C=O) groups excluding carboxylic acids is 1. The minimum atomic E-state index is -3.86. The van der Waals surface area contributed by atoms with Crippen LogP contribution in [0.4, 0.5) is 4.39 Å². The number of nitrogens with one attached hydrogen (secondary N) is 2. The number of halogens is 1. The zero-order chi connectivity index (χ0) is 13.8. The summed E-state index contributed by atoms with van der Waals surface area (Å²) in [4.78, 5) is 10.8. The van der Waals surface area contributed by atoms with Gasteiger partial charge in [0.1, 0.15) is 0 Å². The van der Waals surface area contributed by atoms with Gasteiger partial charge in [0.25, 0.3) is 15.9 Å². The SMILES string of the molecule is CNC(=O)/C(F)=C\NS(=O)(=O)c1ccc(C)cc1. The van der Waals surface area contributed by atoms with E-state index < -0.39 is 21.8 Å². The standard InChI is InChI=1S/C11H13FN2O3S/c1-8-3-5-9(6-4-8)18(16,17)14-7-10(12)11(15)13-2/h3-7,14H,1-2H3,(H,13,15)/b10-7+. The molecule has 0 atom stereocenters. The quantitative estimate of drug-likeness (QED) is 0.797. The average Bonchev–Trinajstić information content (AvgIpc) is 2.35. The summed E-state index contributed by atoms with van der Waals surface area (Å²) in [6.07, 6.45) is 0.508. The molecule has 0 aliphatic carbocycles. The Labute approximate surface area is 105 Å². The zero-order valence-corrected chi connectivity index (χ0v) is 10.7. The molecule has 0 saturated heterocycles. The van der Waals surface area contributed by atoms with Crippen molar-refractivity contribution in [3.8, 4) is 0 Å². The van der Waals surface area contributed by atoms with Crippen molar-refractivity contribution in [3.63, 3.8) is 0 Å². The van der Waals surface area contributed by atoms with Crippen LogP contribution in [0.2, 0.25) is 0 Å². The van der Waals surface area contributed by atoms with Crippen LogP contribution in [0.3, 0.4) is 0 Å². The van der Waals surface area contributed by atoms with E-state index in [-0.39, 0.29) is 4.90 Å². The van der Waals surface area contributed by atoms with Gasteiger partial charge in [0.2, 0.25) is 5.83 Å². The van der Waals surface area contributed by atoms with Crippen molar-refractivity contribution in [2.75, 3.05) is 7.05 Å². The van der Waals surface area contributed by atoms with E-state index in [1.807, 2.05) is 17.0 Å². The molecule has 0 heterocycles. The Morgan fingerprint density at radius 1 is 1.28 bits per heavy atom. The van der Waals surface area contributed by atoms with Crippen molar-refractivity contribution in [2.45, 2.75) is 11.8 Å². The highest BCUT2D eigenvalue weighted by Crippen LogP contribution is 2.10. The van der Waals surface area contributed by atoms with E-state index in [4.69, 9.17) is 0 Å². The molecule has 18 heavy (non-hydrogen) atoms. The number of likely N-dealkylation sites (N-methyl/N-ethyl adjacent to an activating group) is 1. The number of hydrogen-bond donors (Lipinski definition) is 2. The first-order chi connectivity index (χ1) is 8.36. The van der Waals surface area contributed by atoms with Gasteiger partial charge in [-0.2, -0.15) is 4.39 Å². The Hall–Kier alpha value is -1.89. The molecule has 0 aliphatic heterocycles. The molecule has 1 aromatic rings. The number of hydrogen-bond acceptors (Lipinski definition) is 3. The molecule has 0 saturated carbocycles. The third-order valence-corrected chi connectivity index (χ3v) is 3.44. The largest absolute Gasteiger partial charge is 0.353 e. The summed E-state index contributed by atoms with van der Waals surface area (Å²) < 4.78 is 38.3. The van der Waals surface area contributed by atoms with E-state index >= 15 is 0 Å². The normalized spacial score (nSPS) is 12.1. The Morgan fingerprint density at radius 3 is 2.33 bits per heavy atom. The predicted octanol–water partition coefficient (Wildman–Crippen LogP) is 0.830. The van der Waals surface area contributed by atoms with Crippen LogP contribution in [0.5, 0.6) is 0 Å². The van der Waals surface area contributed by atoms with Crippen LogP contribution in [0, 0.1) is 6.92 Å². The van der Waals surface area contributed by atoms with Crippen molar-refractivity contribution in [1.29, 1.82) is 0 Å². The average molecular weight is 272 g/mol. The van der Waals surface area contributed by atoms with E-state index in [0.29, 0.717) is 6.20 Å². The minimum Gasteiger partial charge on any atom is -0.353 e. The minimum absolute atomic E-state index is 0.00550. The van der Waals surface area contributed by atoms with Crippen molar-refractivity contribution >= 4 is 15.9 Å². The van der Waals surface area contributed by atoms with E-state index in [0.717, 1.165) is 5.56 Å². The maximum absolute atomic E-state index is 13.0. The fraction of sp³-hybridized carbons (Fsp3) is 0.182. The molecule has 0 aromatic heterocycles. The maximum Gasteiger partial charge on any atom is 0.281 e. The molecule has 5 nitrogen and oxygen atoms in total. The lowest BCUT2D eigenvalue weighted by Crippen LogP contribution is -2.23. The molecule has 0 unspecified atom stereocenters. The third kappa shape index (κ3) is 3.56. The van der Waals surface area contributed by atoms with Crippen LogP contribution in [0.15, 0.2) is 41.2 Å². The molecule has 0 spiro atoms. The second-order valence-corrected chi connectivity index (χ2v) is 5.22. The number of sulfonamides is 1. The zero-order valence-electron chi connectivity index (χ0n) is 9.90. The molecule has 98 valence electrons. The third-order valence-electron chi connectivity index (χ3n) is 2.12. The van der Waals surface area contributed by atoms with Crippen LogP contribution < -0.4 is 10.0 Å². The van der Waals surface area contributed by atoms with Gasteiger partial charge in [-0.15, -0.1) is 0 Å². The number of rotatable bonds is 4. The van der Waals surface area contributed by atoms with Crippen molar-refractivity contribution < 1.29 is 17.6 Å². The highest BCUT2D eigenvalue weighted by molar-refractivity contribution is 7.89. The summed E-state index contributed by atoms with van der Waals surface area (Å²) in [5, 5.41) is 2.03. The fourth-order valence-electron chi connectivity index (χ4n) is 1.10. The summed E-state index contributed by atoms with van der Waals surface area (Å²) in [5.41, 5.74) is 0.904. The summed E-state index contributed by atoms with van der Waals surface area (Å²) in [5.74, 6) is -2.21. The Kier molecular flexibility index (Phi) is 4.43. The maximum atomic E-state index is 13.0. The first-order valence-corrected chi connectivity index (χ1v) is 6.52. The lowest BCUT2D eigenvalue weighted by Gasteiger charge is -2.04. The Morgan fingerprint density at radius 2 is 1.83 bits per heavy atom. The van der Waals surface area contributed by atoms with Gasteiger partial charge < -0.3 is 5.32 Å². The number of amides is 1. The van der Waals surface area contributed by atoms with Crippen LogP contribution in [0.1, 0.15) is 5.56 Å². The molecule has 1 aromatic carbocycles. The lowest BCUT2D eigenvalue weighted by atomic mass is 10.2. The molecular weight excluding hydrogens is 259 g/mol. The van der Waals surface area contributed by atoms with E-state index in [1.165, 1.54) is 19.2 Å². The van der Waals surface area contributed by atoms with Crippen molar-refractivity contribution in [1.82, 2.24) is 10.0 Å². The van der Waals surface area contributed by atoms with Gasteiger partial charge >= 0.3 is 0 Å². The molecule has 0 radical (unpaired) electrons. The van der Waals surface area contributed by atoms with Gasteiger partial charge in [0.05, 0.1) is 11.1 Å². The summed E-state index contributed by atoms with van der Waals surface area (Å²) in [6, 6.07) is 6.02. The van der Waals surface area contributed by atoms with Gasteiger partial charge in [0.15, 0.2) is 0 Å². The highest BCUT2D eigenvalue weighted by atomic mass is 32.2. The monoisotopic (exact) mass is 272 g/mol. The summed E-state index contributed by atoms with van der Waals surface area (Å²) in [6.45, 7) is 1.81. The molecule has 1 rings (SSSR count). The van der Waals surface area contributed by atoms with Crippen LogP contribution in [-0.4, -0.2) is 21.4 Å². The van der Waals surface area contributed by atoms with Gasteiger partial charge in [-0.05, 0) is 19.1 Å². The molecule has 2 N–H and O–H groups in total. The van der Waals surface area contributed by atoms with Crippen LogP contribution in [-0.2, 0) is 14.8 Å². The topological polar surface area (TPSA) is 75.3 Å². The second-order valence-electron chi connectivity index (χ2n) is 3.51. The highest BCUT2D eigenvalue weighted by Gasteiger charge is 2.13. The number of aryl methyl sites for hydroxylation is 1. The van der Waals surface area contributed by atoms with E-state index in [9.17, 15) is 17.6 Å². The smallest absolute Gasteiger partial charge is 0.281 e. The molecule has 7 heteroatoms. The van der Waals surface area contributed by atoms with E-state index in [1.54, 1.807) is 12.1 Å². The molecule has 1 amide bonds. The second kappa shape index (κ2) is 5.63. The Bertz CT molecular complexity index is 564. The first kappa shape index (κ1) is 14.2. The number of carbonyl (C=O) groups is 1. The van der Waals surface area contributed by atoms with Gasteiger partial charge in [-0.25, -0.2) is 8.42 Å². The van der Waals surface area contributed by atoms with Crippen LogP contribution in [0.25, 0.3) is 0 Å². The Balaban J connectivity index is 2.90. The predicted molar refractivity (Wildman–Crippen MR) is 64.8 cm³/mol. The number of benzene rings is 1. The van der Waals surface area contributed by atoms with Crippen LogP contribution >= 0.6 is 0 Å². The fourth-order valence-corrected chi connectivity index (χ4v) is 1.99.